The monoisotopic (exact) mass is 314 g/mol. The highest BCUT2D eigenvalue weighted by molar-refractivity contribution is 7.22. The van der Waals surface area contributed by atoms with Gasteiger partial charge in [-0.15, -0.1) is 0 Å². The van der Waals surface area contributed by atoms with Crippen molar-refractivity contribution in [2.45, 2.75) is 19.9 Å². The number of carbonyl (C=O) groups excluding carboxylic acids is 1. The van der Waals surface area contributed by atoms with Gasteiger partial charge in [0.15, 0.2) is 10.8 Å². The summed E-state index contributed by atoms with van der Waals surface area (Å²) < 4.78 is 8.26. The largest absolute Gasteiger partial charge is 0.478 e. The number of anilines is 1. The highest BCUT2D eigenvalue weighted by Gasteiger charge is 2.19. The van der Waals surface area contributed by atoms with Crippen molar-refractivity contribution in [3.63, 3.8) is 0 Å². The Morgan fingerprint density at radius 1 is 1.45 bits per heavy atom. The first-order valence-electron chi connectivity index (χ1n) is 7.09. The zero-order valence-electron chi connectivity index (χ0n) is 12.0. The van der Waals surface area contributed by atoms with E-state index in [1.54, 1.807) is 10.7 Å². The van der Waals surface area contributed by atoms with Crippen LogP contribution in [0, 0.1) is 6.92 Å². The van der Waals surface area contributed by atoms with Crippen molar-refractivity contribution in [3.8, 4) is 5.88 Å². The van der Waals surface area contributed by atoms with E-state index in [-0.39, 0.29) is 5.91 Å². The Kier molecular flexibility index (Phi) is 3.07. The summed E-state index contributed by atoms with van der Waals surface area (Å²) in [7, 11) is 0. The maximum Gasteiger partial charge on any atom is 0.278 e. The molecule has 2 aromatic heterocycles. The number of ether oxygens (including phenoxy) is 1. The Balaban J connectivity index is 1.60. The third-order valence-corrected chi connectivity index (χ3v) is 4.52. The number of rotatable bonds is 2. The molecule has 1 amide bonds. The SMILES string of the molecule is Cc1cccc2sc(NC(=O)c3cc4n(n3)CCCO4)nc12. The van der Waals surface area contributed by atoms with Crippen molar-refractivity contribution in [1.29, 1.82) is 0 Å². The van der Waals surface area contributed by atoms with Gasteiger partial charge in [0.25, 0.3) is 5.91 Å². The molecule has 3 aromatic rings. The first-order chi connectivity index (χ1) is 10.7. The van der Waals surface area contributed by atoms with E-state index in [2.05, 4.69) is 15.4 Å². The number of nitrogens with one attached hydrogen (secondary N) is 1. The fourth-order valence-corrected chi connectivity index (χ4v) is 3.42. The van der Waals surface area contributed by atoms with Crippen LogP contribution in [0.1, 0.15) is 22.5 Å². The van der Waals surface area contributed by atoms with Gasteiger partial charge in [-0.2, -0.15) is 5.10 Å². The van der Waals surface area contributed by atoms with Crippen LogP contribution >= 0.6 is 11.3 Å². The van der Waals surface area contributed by atoms with Crippen molar-refractivity contribution in [2.75, 3.05) is 11.9 Å². The minimum atomic E-state index is -0.262. The molecule has 6 nitrogen and oxygen atoms in total. The van der Waals surface area contributed by atoms with Gasteiger partial charge in [0.2, 0.25) is 5.88 Å². The van der Waals surface area contributed by atoms with Crippen LogP contribution in [-0.2, 0) is 6.54 Å². The van der Waals surface area contributed by atoms with Gasteiger partial charge in [0.05, 0.1) is 16.8 Å². The molecule has 112 valence electrons. The van der Waals surface area contributed by atoms with Gasteiger partial charge < -0.3 is 4.74 Å². The van der Waals surface area contributed by atoms with E-state index in [0.717, 1.165) is 28.7 Å². The number of fused-ring (bicyclic) bond motifs is 2. The van der Waals surface area contributed by atoms with Crippen molar-refractivity contribution in [2.24, 2.45) is 0 Å². The van der Waals surface area contributed by atoms with E-state index < -0.39 is 0 Å². The lowest BCUT2D eigenvalue weighted by atomic mass is 10.2. The van der Waals surface area contributed by atoms with E-state index in [1.165, 1.54) is 11.3 Å². The molecular formula is C15H14N4O2S. The Morgan fingerprint density at radius 3 is 3.18 bits per heavy atom. The van der Waals surface area contributed by atoms with Crippen molar-refractivity contribution >= 4 is 32.6 Å². The van der Waals surface area contributed by atoms with Crippen LogP contribution in [0.3, 0.4) is 0 Å². The quantitative estimate of drug-likeness (QED) is 0.789. The lowest BCUT2D eigenvalue weighted by Gasteiger charge is -2.13. The standard InChI is InChI=1S/C15H14N4O2S/c1-9-4-2-5-11-13(9)16-15(22-11)17-14(20)10-8-12-19(18-10)6-3-7-21-12/h2,4-5,8H,3,6-7H2,1H3,(H,16,17,20). The molecule has 0 radical (unpaired) electrons. The lowest BCUT2D eigenvalue weighted by molar-refractivity contribution is 0.102. The van der Waals surface area contributed by atoms with Gasteiger partial charge in [0.1, 0.15) is 0 Å². The predicted molar refractivity (Wildman–Crippen MR) is 84.6 cm³/mol. The van der Waals surface area contributed by atoms with E-state index >= 15 is 0 Å². The lowest BCUT2D eigenvalue weighted by Crippen LogP contribution is -2.16. The molecule has 1 aliphatic rings. The van der Waals surface area contributed by atoms with Crippen LogP contribution in [-0.4, -0.2) is 27.3 Å². The molecule has 3 heterocycles. The highest BCUT2D eigenvalue weighted by Crippen LogP contribution is 2.28. The Morgan fingerprint density at radius 2 is 2.36 bits per heavy atom. The smallest absolute Gasteiger partial charge is 0.278 e. The van der Waals surface area contributed by atoms with E-state index in [4.69, 9.17) is 4.74 Å². The average Bonchev–Trinajstić information content (AvgIpc) is 3.11. The topological polar surface area (TPSA) is 69.0 Å². The number of nitrogens with zero attached hydrogens (tertiary/aromatic N) is 3. The van der Waals surface area contributed by atoms with Crippen LogP contribution in [0.2, 0.25) is 0 Å². The summed E-state index contributed by atoms with van der Waals surface area (Å²) in [5.74, 6) is 0.388. The fourth-order valence-electron chi connectivity index (χ4n) is 2.48. The van der Waals surface area contributed by atoms with Crippen molar-refractivity contribution < 1.29 is 9.53 Å². The number of hydrogen-bond donors (Lipinski definition) is 1. The van der Waals surface area contributed by atoms with E-state index in [0.29, 0.717) is 23.3 Å². The first-order valence-corrected chi connectivity index (χ1v) is 7.90. The number of carbonyl (C=O) groups is 1. The molecule has 4 rings (SSSR count). The van der Waals surface area contributed by atoms with Gasteiger partial charge in [-0.1, -0.05) is 23.5 Å². The molecule has 0 saturated carbocycles. The van der Waals surface area contributed by atoms with Gasteiger partial charge in [0, 0.05) is 19.0 Å². The summed E-state index contributed by atoms with van der Waals surface area (Å²) in [6, 6.07) is 7.67. The number of aromatic nitrogens is 3. The van der Waals surface area contributed by atoms with Gasteiger partial charge in [-0.05, 0) is 18.6 Å². The third kappa shape index (κ3) is 2.23. The molecule has 0 atom stereocenters. The summed E-state index contributed by atoms with van der Waals surface area (Å²) in [6.07, 6.45) is 0.910. The molecule has 0 unspecified atom stereocenters. The summed E-state index contributed by atoms with van der Waals surface area (Å²) >= 11 is 1.46. The molecule has 1 aliphatic heterocycles. The highest BCUT2D eigenvalue weighted by atomic mass is 32.1. The average molecular weight is 314 g/mol. The second kappa shape index (κ2) is 5.10. The Labute approximate surface area is 130 Å². The molecule has 1 N–H and O–H groups in total. The molecule has 7 heteroatoms. The van der Waals surface area contributed by atoms with E-state index in [9.17, 15) is 4.79 Å². The molecule has 0 saturated heterocycles. The summed E-state index contributed by atoms with van der Waals surface area (Å²) in [5.41, 5.74) is 2.38. The number of aryl methyl sites for hydroxylation is 2. The van der Waals surface area contributed by atoms with Crippen LogP contribution in [0.4, 0.5) is 5.13 Å². The van der Waals surface area contributed by atoms with Crippen LogP contribution in [0.5, 0.6) is 5.88 Å². The zero-order valence-corrected chi connectivity index (χ0v) is 12.8. The first kappa shape index (κ1) is 13.3. The minimum absolute atomic E-state index is 0.262. The Hall–Kier alpha value is -2.41. The van der Waals surface area contributed by atoms with Crippen LogP contribution in [0.15, 0.2) is 24.3 Å². The van der Waals surface area contributed by atoms with Gasteiger partial charge in [-0.3, -0.25) is 10.1 Å². The van der Waals surface area contributed by atoms with Crippen LogP contribution in [0.25, 0.3) is 10.2 Å². The molecule has 0 bridgehead atoms. The van der Waals surface area contributed by atoms with Crippen molar-refractivity contribution in [3.05, 3.63) is 35.5 Å². The Bertz CT molecular complexity index is 844. The summed E-state index contributed by atoms with van der Waals surface area (Å²) in [6.45, 7) is 3.46. The second-order valence-corrected chi connectivity index (χ2v) is 6.22. The molecule has 0 spiro atoms. The number of amides is 1. The van der Waals surface area contributed by atoms with Gasteiger partial charge in [-0.25, -0.2) is 9.67 Å². The molecule has 0 aliphatic carbocycles. The molecule has 1 aromatic carbocycles. The normalized spacial score (nSPS) is 13.7. The second-order valence-electron chi connectivity index (χ2n) is 5.19. The summed E-state index contributed by atoms with van der Waals surface area (Å²) in [5, 5.41) is 7.68. The van der Waals surface area contributed by atoms with Gasteiger partial charge >= 0.3 is 0 Å². The predicted octanol–water partition coefficient (Wildman–Crippen LogP) is 2.84. The number of para-hydroxylation sites is 1. The maximum absolute atomic E-state index is 12.3. The van der Waals surface area contributed by atoms with Crippen LogP contribution < -0.4 is 10.1 Å². The number of thiazole rings is 1. The summed E-state index contributed by atoms with van der Waals surface area (Å²) in [4.78, 5) is 16.8. The van der Waals surface area contributed by atoms with E-state index in [1.807, 2.05) is 25.1 Å². The molecular weight excluding hydrogens is 300 g/mol. The number of hydrogen-bond acceptors (Lipinski definition) is 5. The minimum Gasteiger partial charge on any atom is -0.478 e. The maximum atomic E-state index is 12.3. The molecule has 22 heavy (non-hydrogen) atoms. The van der Waals surface area contributed by atoms with Crippen molar-refractivity contribution in [1.82, 2.24) is 14.8 Å². The molecule has 0 fully saturated rings. The zero-order chi connectivity index (χ0) is 15.1. The third-order valence-electron chi connectivity index (χ3n) is 3.58. The fraction of sp³-hybridized carbons (Fsp3) is 0.267. The number of benzene rings is 1.